The van der Waals surface area contributed by atoms with E-state index in [4.69, 9.17) is 9.84 Å². The Morgan fingerprint density at radius 3 is 2.89 bits per heavy atom. The van der Waals surface area contributed by atoms with Crippen molar-refractivity contribution >= 4 is 11.0 Å². The summed E-state index contributed by atoms with van der Waals surface area (Å²) in [5.41, 5.74) is 0.611. The number of hydrogen-bond acceptors (Lipinski definition) is 6. The van der Waals surface area contributed by atoms with E-state index >= 15 is 0 Å². The third-order valence-corrected chi connectivity index (χ3v) is 3.17. The normalized spacial score (nSPS) is 32.2. The lowest BCUT2D eigenvalue weighted by molar-refractivity contribution is -0.0508. The van der Waals surface area contributed by atoms with E-state index in [2.05, 4.69) is 9.97 Å². The van der Waals surface area contributed by atoms with Crippen LogP contribution in [-0.2, 0) is 4.74 Å². The monoisotopic (exact) mass is 251 g/mol. The Morgan fingerprint density at radius 1 is 1.33 bits per heavy atom. The number of hydrogen-bond donors (Lipinski definition) is 3. The Morgan fingerprint density at radius 2 is 2.17 bits per heavy atom. The molecule has 0 saturated carbocycles. The third kappa shape index (κ3) is 1.60. The predicted octanol–water partition coefficient (Wildman–Crippen LogP) is -0.957. The van der Waals surface area contributed by atoms with Crippen LogP contribution >= 0.6 is 0 Å². The number of nitrogens with zero attached hydrogens (tertiary/aromatic N) is 3. The molecule has 0 spiro atoms. The van der Waals surface area contributed by atoms with Crippen molar-refractivity contribution in [1.29, 1.82) is 0 Å². The van der Waals surface area contributed by atoms with Crippen molar-refractivity contribution in [3.05, 3.63) is 24.8 Å². The molecular weight excluding hydrogens is 238 g/mol. The van der Waals surface area contributed by atoms with Gasteiger partial charge in [0.2, 0.25) is 0 Å². The smallest absolute Gasteiger partial charge is 0.164 e. The van der Waals surface area contributed by atoms with Crippen LogP contribution in [0.2, 0.25) is 0 Å². The van der Waals surface area contributed by atoms with Gasteiger partial charge in [-0.2, -0.15) is 0 Å². The molecule has 3 rings (SSSR count). The highest BCUT2D eigenvalue weighted by molar-refractivity contribution is 5.74. The fourth-order valence-corrected chi connectivity index (χ4v) is 2.21. The Balaban J connectivity index is 2.00. The lowest BCUT2D eigenvalue weighted by Gasteiger charge is -2.17. The van der Waals surface area contributed by atoms with Crippen LogP contribution in [-0.4, -0.2) is 54.8 Å². The second-order valence-corrected chi connectivity index (χ2v) is 4.25. The first-order chi connectivity index (χ1) is 8.72. The zero-order valence-corrected chi connectivity index (χ0v) is 9.42. The van der Waals surface area contributed by atoms with Gasteiger partial charge in [0.05, 0.1) is 6.61 Å². The molecule has 0 amide bonds. The van der Waals surface area contributed by atoms with Crippen molar-refractivity contribution in [3.8, 4) is 0 Å². The summed E-state index contributed by atoms with van der Waals surface area (Å²) in [4.78, 5) is 8.01. The Kier molecular flexibility index (Phi) is 2.75. The molecule has 1 saturated heterocycles. The summed E-state index contributed by atoms with van der Waals surface area (Å²) in [5.74, 6) is 0. The van der Waals surface area contributed by atoms with E-state index in [1.54, 1.807) is 23.0 Å². The minimum absolute atomic E-state index is 0.344. The summed E-state index contributed by atoms with van der Waals surface area (Å²) in [5, 5.41) is 29.5. The predicted molar refractivity (Wildman–Crippen MR) is 60.5 cm³/mol. The van der Waals surface area contributed by atoms with Crippen LogP contribution in [0.25, 0.3) is 11.0 Å². The first-order valence-electron chi connectivity index (χ1n) is 5.61. The molecule has 0 aliphatic carbocycles. The van der Waals surface area contributed by atoms with Gasteiger partial charge in [-0.25, -0.2) is 9.97 Å². The highest BCUT2D eigenvalue weighted by atomic mass is 16.6. The Labute approximate surface area is 102 Å². The van der Waals surface area contributed by atoms with E-state index in [-0.39, 0.29) is 6.61 Å². The molecule has 0 aromatic carbocycles. The fourth-order valence-electron chi connectivity index (χ4n) is 2.21. The van der Waals surface area contributed by atoms with Gasteiger partial charge in [0.15, 0.2) is 6.23 Å². The molecule has 0 radical (unpaired) electrons. The molecule has 18 heavy (non-hydrogen) atoms. The Hall–Kier alpha value is -1.54. The molecule has 1 aliphatic rings. The molecular formula is C11H13N3O4. The molecule has 4 atom stereocenters. The lowest BCUT2D eigenvalue weighted by atomic mass is 10.1. The van der Waals surface area contributed by atoms with Gasteiger partial charge in [-0.05, 0) is 6.07 Å². The van der Waals surface area contributed by atoms with Gasteiger partial charge in [0.1, 0.15) is 30.3 Å². The number of ether oxygens (including phenoxy) is 1. The average Bonchev–Trinajstić information content (AvgIpc) is 2.93. The molecule has 1 fully saturated rings. The highest BCUT2D eigenvalue weighted by Gasteiger charge is 2.43. The molecule has 1 aliphatic heterocycles. The van der Waals surface area contributed by atoms with E-state index in [1.807, 2.05) is 0 Å². The fraction of sp³-hybridized carbons (Fsp3) is 0.455. The highest BCUT2D eigenvalue weighted by Crippen LogP contribution is 2.31. The van der Waals surface area contributed by atoms with Crippen LogP contribution in [0.15, 0.2) is 24.8 Å². The lowest BCUT2D eigenvalue weighted by Crippen LogP contribution is -2.33. The van der Waals surface area contributed by atoms with Gasteiger partial charge in [0.25, 0.3) is 0 Å². The average molecular weight is 251 g/mol. The maximum Gasteiger partial charge on any atom is 0.164 e. The molecule has 2 aromatic rings. The number of aromatic nitrogens is 3. The van der Waals surface area contributed by atoms with Crippen LogP contribution in [0.5, 0.6) is 0 Å². The first kappa shape index (κ1) is 11.5. The number of fused-ring (bicyclic) bond motifs is 1. The quantitative estimate of drug-likeness (QED) is 0.635. The third-order valence-electron chi connectivity index (χ3n) is 3.17. The topological polar surface area (TPSA) is 101 Å². The summed E-state index contributed by atoms with van der Waals surface area (Å²) >= 11 is 0. The molecule has 0 unspecified atom stereocenters. The zero-order valence-electron chi connectivity index (χ0n) is 9.42. The summed E-state index contributed by atoms with van der Waals surface area (Å²) in [7, 11) is 0. The molecule has 96 valence electrons. The van der Waals surface area contributed by atoms with Crippen LogP contribution in [0.1, 0.15) is 6.23 Å². The van der Waals surface area contributed by atoms with Crippen molar-refractivity contribution in [1.82, 2.24) is 14.5 Å². The molecule has 3 heterocycles. The largest absolute Gasteiger partial charge is 0.394 e. The zero-order chi connectivity index (χ0) is 12.7. The van der Waals surface area contributed by atoms with Crippen molar-refractivity contribution < 1.29 is 20.1 Å². The SMILES string of the molecule is OC[C@@H]1O[C@@H](n2ccc3cncnc32)[C@H](O)[C@@H]1O. The summed E-state index contributed by atoms with van der Waals surface area (Å²) in [6.07, 6.45) is 1.00. The molecule has 0 bridgehead atoms. The maximum atomic E-state index is 9.94. The molecule has 7 heteroatoms. The van der Waals surface area contributed by atoms with E-state index in [1.165, 1.54) is 6.33 Å². The van der Waals surface area contributed by atoms with E-state index in [0.29, 0.717) is 5.65 Å². The number of aliphatic hydroxyl groups excluding tert-OH is 3. The van der Waals surface area contributed by atoms with Crippen LogP contribution in [0.4, 0.5) is 0 Å². The second-order valence-electron chi connectivity index (χ2n) is 4.25. The van der Waals surface area contributed by atoms with Gasteiger partial charge in [0, 0.05) is 17.8 Å². The van der Waals surface area contributed by atoms with Crippen molar-refractivity contribution in [2.24, 2.45) is 0 Å². The van der Waals surface area contributed by atoms with Gasteiger partial charge in [-0.15, -0.1) is 0 Å². The van der Waals surface area contributed by atoms with Crippen LogP contribution in [0.3, 0.4) is 0 Å². The van der Waals surface area contributed by atoms with E-state index in [0.717, 1.165) is 5.39 Å². The van der Waals surface area contributed by atoms with E-state index in [9.17, 15) is 10.2 Å². The Bertz CT molecular complexity index is 558. The standard InChI is InChI=1S/C11H13N3O4/c15-4-7-8(16)9(17)11(18-7)14-2-1-6-3-12-5-13-10(6)14/h1-3,5,7-9,11,15-17H,4H2/t7-,8+,9+,11+/m0/s1. The molecule has 3 N–H and O–H groups in total. The maximum absolute atomic E-state index is 9.94. The number of rotatable bonds is 2. The van der Waals surface area contributed by atoms with Gasteiger partial charge >= 0.3 is 0 Å². The minimum atomic E-state index is -1.11. The number of aliphatic hydroxyl groups is 3. The van der Waals surface area contributed by atoms with Gasteiger partial charge in [-0.1, -0.05) is 0 Å². The van der Waals surface area contributed by atoms with Crippen LogP contribution in [0, 0.1) is 0 Å². The van der Waals surface area contributed by atoms with Crippen molar-refractivity contribution in [2.75, 3.05) is 6.61 Å². The van der Waals surface area contributed by atoms with Crippen LogP contribution < -0.4 is 0 Å². The molecule has 7 nitrogen and oxygen atoms in total. The molecule has 2 aromatic heterocycles. The summed E-state index contributed by atoms with van der Waals surface area (Å²) in [6.45, 7) is -0.344. The van der Waals surface area contributed by atoms with E-state index < -0.39 is 24.5 Å². The summed E-state index contributed by atoms with van der Waals surface area (Å²) in [6, 6.07) is 1.80. The summed E-state index contributed by atoms with van der Waals surface area (Å²) < 4.78 is 7.07. The van der Waals surface area contributed by atoms with Gasteiger partial charge < -0.3 is 24.6 Å². The van der Waals surface area contributed by atoms with Gasteiger partial charge in [-0.3, -0.25) is 0 Å². The minimum Gasteiger partial charge on any atom is -0.394 e. The second kappa shape index (κ2) is 4.29. The van der Waals surface area contributed by atoms with Crippen molar-refractivity contribution in [2.45, 2.75) is 24.5 Å². The van der Waals surface area contributed by atoms with Crippen molar-refractivity contribution in [3.63, 3.8) is 0 Å². The first-order valence-corrected chi connectivity index (χ1v) is 5.61.